The Balaban J connectivity index is 4.80. The monoisotopic (exact) mass is 214 g/mol. The predicted octanol–water partition coefficient (Wildman–Crippen LogP) is 2.46. The molecule has 0 spiro atoms. The fraction of sp³-hybridized carbons (Fsp3) is 1.00. The molecular formula is C5H5F7O. The first-order chi connectivity index (χ1) is 5.67. The van der Waals surface area contributed by atoms with E-state index in [9.17, 15) is 30.7 Å². The van der Waals surface area contributed by atoms with Gasteiger partial charge in [0, 0.05) is 7.11 Å². The fourth-order valence-corrected chi connectivity index (χ4v) is 0.445. The molecule has 0 saturated heterocycles. The lowest BCUT2D eigenvalue weighted by Crippen LogP contribution is -2.52. The molecule has 0 aromatic rings. The smallest absolute Gasteiger partial charge is 0.347 e. The third-order valence-corrected chi connectivity index (χ3v) is 1.21. The van der Waals surface area contributed by atoms with Gasteiger partial charge in [-0.25, -0.2) is 13.2 Å². The van der Waals surface area contributed by atoms with E-state index in [0.717, 1.165) is 0 Å². The van der Waals surface area contributed by atoms with E-state index in [1.807, 2.05) is 0 Å². The molecule has 1 unspecified atom stereocenters. The standard InChI is InChI=1S/C5H5F7O/c1-13-3(8)5(11,12)4(9,10)2(6)7/h2-3H,1H3. The molecule has 0 aliphatic carbocycles. The maximum Gasteiger partial charge on any atom is 0.374 e. The molecule has 0 radical (unpaired) electrons. The van der Waals surface area contributed by atoms with Crippen LogP contribution in [0.15, 0.2) is 0 Å². The van der Waals surface area contributed by atoms with Crippen LogP contribution in [-0.2, 0) is 4.74 Å². The topological polar surface area (TPSA) is 9.23 Å². The molecule has 0 aromatic carbocycles. The molecule has 0 fully saturated rings. The van der Waals surface area contributed by atoms with Crippen LogP contribution >= 0.6 is 0 Å². The van der Waals surface area contributed by atoms with Gasteiger partial charge in [-0.2, -0.15) is 17.6 Å². The van der Waals surface area contributed by atoms with Crippen LogP contribution in [0.3, 0.4) is 0 Å². The Hall–Kier alpha value is -0.530. The van der Waals surface area contributed by atoms with Crippen LogP contribution in [0, 0.1) is 0 Å². The molecular weight excluding hydrogens is 209 g/mol. The third-order valence-electron chi connectivity index (χ3n) is 1.21. The van der Waals surface area contributed by atoms with Crippen molar-refractivity contribution in [1.29, 1.82) is 0 Å². The number of halogens is 7. The summed E-state index contributed by atoms with van der Waals surface area (Å²) in [6.45, 7) is 0. The van der Waals surface area contributed by atoms with E-state index in [4.69, 9.17) is 0 Å². The van der Waals surface area contributed by atoms with Gasteiger partial charge in [-0.1, -0.05) is 0 Å². The third kappa shape index (κ3) is 2.04. The molecule has 0 aliphatic heterocycles. The Kier molecular flexibility index (Phi) is 3.54. The van der Waals surface area contributed by atoms with Crippen molar-refractivity contribution < 1.29 is 35.5 Å². The normalized spacial score (nSPS) is 16.4. The fourth-order valence-electron chi connectivity index (χ4n) is 0.445. The van der Waals surface area contributed by atoms with Crippen LogP contribution < -0.4 is 0 Å². The average Bonchev–Trinajstić information content (AvgIpc) is 2.02. The molecule has 0 N–H and O–H groups in total. The van der Waals surface area contributed by atoms with E-state index in [2.05, 4.69) is 4.74 Å². The zero-order valence-corrected chi connectivity index (χ0v) is 6.21. The summed E-state index contributed by atoms with van der Waals surface area (Å²) in [6, 6.07) is 0. The second-order valence-electron chi connectivity index (χ2n) is 2.10. The number of rotatable bonds is 4. The molecule has 0 bridgehead atoms. The summed E-state index contributed by atoms with van der Waals surface area (Å²) in [5, 5.41) is 0. The summed E-state index contributed by atoms with van der Waals surface area (Å²) < 4.78 is 86.0. The zero-order valence-electron chi connectivity index (χ0n) is 6.21. The highest BCUT2D eigenvalue weighted by Gasteiger charge is 2.68. The van der Waals surface area contributed by atoms with Gasteiger partial charge in [-0.15, -0.1) is 0 Å². The first-order valence-electron chi connectivity index (χ1n) is 2.88. The van der Waals surface area contributed by atoms with Gasteiger partial charge in [0.25, 0.3) is 6.36 Å². The van der Waals surface area contributed by atoms with E-state index in [1.54, 1.807) is 0 Å². The Labute approximate surface area is 68.5 Å². The molecule has 0 saturated carbocycles. The Morgan fingerprint density at radius 2 is 1.31 bits per heavy atom. The molecule has 13 heavy (non-hydrogen) atoms. The van der Waals surface area contributed by atoms with Crippen molar-refractivity contribution in [3.8, 4) is 0 Å². The number of methoxy groups -OCH3 is 1. The maximum absolute atomic E-state index is 12.1. The van der Waals surface area contributed by atoms with Crippen molar-refractivity contribution in [3.63, 3.8) is 0 Å². The van der Waals surface area contributed by atoms with Crippen LogP contribution in [0.4, 0.5) is 30.7 Å². The molecule has 0 aliphatic rings. The van der Waals surface area contributed by atoms with Crippen molar-refractivity contribution in [2.24, 2.45) is 0 Å². The summed E-state index contributed by atoms with van der Waals surface area (Å²) in [7, 11) is 0.361. The highest BCUT2D eigenvalue weighted by molar-refractivity contribution is 4.89. The molecule has 0 heterocycles. The minimum absolute atomic E-state index is 0.361. The second-order valence-corrected chi connectivity index (χ2v) is 2.10. The highest BCUT2D eigenvalue weighted by atomic mass is 19.3. The Morgan fingerprint density at radius 1 is 0.923 bits per heavy atom. The van der Waals surface area contributed by atoms with E-state index in [1.165, 1.54) is 0 Å². The van der Waals surface area contributed by atoms with E-state index >= 15 is 0 Å². The van der Waals surface area contributed by atoms with Gasteiger partial charge < -0.3 is 4.74 Å². The maximum atomic E-state index is 12.1. The van der Waals surface area contributed by atoms with E-state index in [0.29, 0.717) is 7.11 Å². The SMILES string of the molecule is COC(F)C(F)(F)C(F)(F)C(F)F. The molecule has 8 heteroatoms. The van der Waals surface area contributed by atoms with E-state index in [-0.39, 0.29) is 0 Å². The van der Waals surface area contributed by atoms with Crippen LogP contribution in [0.1, 0.15) is 0 Å². The van der Waals surface area contributed by atoms with Gasteiger partial charge in [-0.3, -0.25) is 0 Å². The van der Waals surface area contributed by atoms with E-state index < -0.39 is 24.6 Å². The Bertz CT molecular complexity index is 168. The number of hydrogen-bond donors (Lipinski definition) is 0. The summed E-state index contributed by atoms with van der Waals surface area (Å²) >= 11 is 0. The second kappa shape index (κ2) is 3.69. The van der Waals surface area contributed by atoms with Gasteiger partial charge >= 0.3 is 18.3 Å². The van der Waals surface area contributed by atoms with Gasteiger partial charge in [0.15, 0.2) is 0 Å². The number of ether oxygens (including phenoxy) is 1. The van der Waals surface area contributed by atoms with Crippen LogP contribution in [0.5, 0.6) is 0 Å². The first-order valence-corrected chi connectivity index (χ1v) is 2.88. The van der Waals surface area contributed by atoms with Crippen LogP contribution in [0.25, 0.3) is 0 Å². The average molecular weight is 214 g/mol. The Morgan fingerprint density at radius 3 is 1.54 bits per heavy atom. The van der Waals surface area contributed by atoms with Crippen LogP contribution in [-0.4, -0.2) is 31.7 Å². The summed E-state index contributed by atoms with van der Waals surface area (Å²) in [5.41, 5.74) is 0. The molecule has 1 nitrogen and oxygen atoms in total. The molecule has 80 valence electrons. The minimum atomic E-state index is -5.75. The summed E-state index contributed by atoms with van der Waals surface area (Å²) in [6.07, 6.45) is -8.42. The van der Waals surface area contributed by atoms with Crippen molar-refractivity contribution in [2.45, 2.75) is 24.6 Å². The largest absolute Gasteiger partial charge is 0.374 e. The van der Waals surface area contributed by atoms with Crippen molar-refractivity contribution in [2.75, 3.05) is 7.11 Å². The highest BCUT2D eigenvalue weighted by Crippen LogP contribution is 2.42. The van der Waals surface area contributed by atoms with Crippen molar-refractivity contribution in [3.05, 3.63) is 0 Å². The quantitative estimate of drug-likeness (QED) is 0.653. The predicted molar refractivity (Wildman–Crippen MR) is 27.8 cm³/mol. The first kappa shape index (κ1) is 12.5. The van der Waals surface area contributed by atoms with Gasteiger partial charge in [0.1, 0.15) is 0 Å². The van der Waals surface area contributed by atoms with Crippen molar-refractivity contribution in [1.82, 2.24) is 0 Å². The minimum Gasteiger partial charge on any atom is -0.347 e. The van der Waals surface area contributed by atoms with Gasteiger partial charge in [-0.05, 0) is 0 Å². The lowest BCUT2D eigenvalue weighted by molar-refractivity contribution is -0.320. The summed E-state index contributed by atoms with van der Waals surface area (Å²) in [4.78, 5) is 0. The molecule has 0 amide bonds. The van der Waals surface area contributed by atoms with Crippen molar-refractivity contribution >= 4 is 0 Å². The lowest BCUT2D eigenvalue weighted by Gasteiger charge is -2.27. The molecule has 0 rings (SSSR count). The lowest BCUT2D eigenvalue weighted by atomic mass is 10.2. The number of alkyl halides is 7. The van der Waals surface area contributed by atoms with Crippen LogP contribution in [0.2, 0.25) is 0 Å². The van der Waals surface area contributed by atoms with Gasteiger partial charge in [0.2, 0.25) is 0 Å². The zero-order chi connectivity index (χ0) is 10.9. The summed E-state index contributed by atoms with van der Waals surface area (Å²) in [5.74, 6) is -11.3. The number of hydrogen-bond acceptors (Lipinski definition) is 1. The molecule has 0 aromatic heterocycles. The van der Waals surface area contributed by atoms with Gasteiger partial charge in [0.05, 0.1) is 0 Å². The molecule has 1 atom stereocenters.